The lowest BCUT2D eigenvalue weighted by Gasteiger charge is -2.26. The number of hydrogen-bond acceptors (Lipinski definition) is 4. The zero-order valence-electron chi connectivity index (χ0n) is 15.8. The van der Waals surface area contributed by atoms with Crippen molar-refractivity contribution in [1.29, 1.82) is 0 Å². The third-order valence-electron chi connectivity index (χ3n) is 4.43. The van der Waals surface area contributed by atoms with Crippen molar-refractivity contribution in [3.8, 4) is 0 Å². The standard InChI is InChI=1S/C20H28N4OS.HI/c1-21-20(22-8-7-19-6-3-13-26-19)23-15-17-4-2-5-18(14-17)16-24-9-11-25-12-10-24;/h2-6,13-14H,7-12,15-16H2,1H3,(H2,21,22,23);1H. The van der Waals surface area contributed by atoms with Gasteiger partial charge in [0.2, 0.25) is 0 Å². The van der Waals surface area contributed by atoms with Gasteiger partial charge in [0.05, 0.1) is 13.2 Å². The molecule has 0 bridgehead atoms. The topological polar surface area (TPSA) is 48.9 Å². The minimum Gasteiger partial charge on any atom is -0.379 e. The Morgan fingerprint density at radius 3 is 2.70 bits per heavy atom. The van der Waals surface area contributed by atoms with Crippen molar-refractivity contribution in [2.45, 2.75) is 19.5 Å². The molecule has 1 aromatic carbocycles. The molecule has 0 radical (unpaired) electrons. The van der Waals surface area contributed by atoms with Crippen molar-refractivity contribution in [1.82, 2.24) is 15.5 Å². The average molecular weight is 500 g/mol. The smallest absolute Gasteiger partial charge is 0.191 e. The number of halogens is 1. The van der Waals surface area contributed by atoms with Gasteiger partial charge in [0, 0.05) is 44.6 Å². The monoisotopic (exact) mass is 500 g/mol. The summed E-state index contributed by atoms with van der Waals surface area (Å²) in [6.07, 6.45) is 1.02. The van der Waals surface area contributed by atoms with E-state index in [4.69, 9.17) is 4.74 Å². The Kier molecular flexibility index (Phi) is 10.1. The molecule has 7 heteroatoms. The Balaban J connectivity index is 0.00000261. The maximum Gasteiger partial charge on any atom is 0.191 e. The molecule has 2 heterocycles. The lowest BCUT2D eigenvalue weighted by Crippen LogP contribution is -2.37. The van der Waals surface area contributed by atoms with Crippen LogP contribution in [0.4, 0.5) is 0 Å². The summed E-state index contributed by atoms with van der Waals surface area (Å²) in [5.41, 5.74) is 2.63. The number of nitrogens with zero attached hydrogens (tertiary/aromatic N) is 2. The maximum absolute atomic E-state index is 5.42. The van der Waals surface area contributed by atoms with E-state index in [-0.39, 0.29) is 24.0 Å². The van der Waals surface area contributed by atoms with Gasteiger partial charge in [-0.1, -0.05) is 30.3 Å². The number of thiophene rings is 1. The van der Waals surface area contributed by atoms with Crippen LogP contribution in [0.25, 0.3) is 0 Å². The predicted octanol–water partition coefficient (Wildman–Crippen LogP) is 3.11. The van der Waals surface area contributed by atoms with Crippen LogP contribution >= 0.6 is 35.3 Å². The number of morpholine rings is 1. The Labute approximate surface area is 183 Å². The Hall–Kier alpha value is -1.16. The van der Waals surface area contributed by atoms with Gasteiger partial charge in [-0.15, -0.1) is 35.3 Å². The molecule has 1 aliphatic heterocycles. The molecule has 0 aliphatic carbocycles. The first-order chi connectivity index (χ1) is 12.8. The summed E-state index contributed by atoms with van der Waals surface area (Å²) in [4.78, 5) is 8.15. The second-order valence-corrected chi connectivity index (χ2v) is 7.42. The lowest BCUT2D eigenvalue weighted by atomic mass is 10.1. The van der Waals surface area contributed by atoms with E-state index in [0.29, 0.717) is 0 Å². The molecule has 27 heavy (non-hydrogen) atoms. The van der Waals surface area contributed by atoms with Gasteiger partial charge in [-0.3, -0.25) is 9.89 Å². The molecule has 2 aromatic rings. The summed E-state index contributed by atoms with van der Waals surface area (Å²) in [5, 5.41) is 8.90. The zero-order chi connectivity index (χ0) is 18.0. The zero-order valence-corrected chi connectivity index (χ0v) is 19.0. The van der Waals surface area contributed by atoms with Crippen molar-refractivity contribution < 1.29 is 4.74 Å². The van der Waals surface area contributed by atoms with Crippen molar-refractivity contribution in [3.63, 3.8) is 0 Å². The van der Waals surface area contributed by atoms with Crippen molar-refractivity contribution in [2.75, 3.05) is 39.9 Å². The summed E-state index contributed by atoms with van der Waals surface area (Å²) in [7, 11) is 1.81. The van der Waals surface area contributed by atoms with Gasteiger partial charge >= 0.3 is 0 Å². The average Bonchev–Trinajstić information content (AvgIpc) is 3.19. The van der Waals surface area contributed by atoms with E-state index in [1.54, 1.807) is 11.3 Å². The largest absolute Gasteiger partial charge is 0.379 e. The molecule has 1 aromatic heterocycles. The number of rotatable bonds is 7. The fourth-order valence-corrected chi connectivity index (χ4v) is 3.73. The first-order valence-corrected chi connectivity index (χ1v) is 10.1. The molecule has 1 aliphatic rings. The van der Waals surface area contributed by atoms with Gasteiger partial charge in [-0.05, 0) is 29.0 Å². The van der Waals surface area contributed by atoms with Crippen LogP contribution < -0.4 is 10.6 Å². The number of aliphatic imine (C=N–C) groups is 1. The van der Waals surface area contributed by atoms with E-state index in [2.05, 4.69) is 62.3 Å². The SMILES string of the molecule is CN=C(NCCc1cccs1)NCc1cccc(CN2CCOCC2)c1.I. The molecule has 148 valence electrons. The predicted molar refractivity (Wildman–Crippen MR) is 124 cm³/mol. The molecule has 5 nitrogen and oxygen atoms in total. The number of ether oxygens (including phenoxy) is 1. The molecule has 0 amide bonds. The van der Waals surface area contributed by atoms with Crippen LogP contribution in [0.1, 0.15) is 16.0 Å². The molecular weight excluding hydrogens is 471 g/mol. The fourth-order valence-electron chi connectivity index (χ4n) is 3.02. The molecule has 0 atom stereocenters. The van der Waals surface area contributed by atoms with Crippen LogP contribution in [0.3, 0.4) is 0 Å². The third kappa shape index (κ3) is 7.77. The van der Waals surface area contributed by atoms with E-state index in [1.807, 2.05) is 7.05 Å². The van der Waals surface area contributed by atoms with Gasteiger partial charge in [-0.2, -0.15) is 0 Å². The summed E-state index contributed by atoms with van der Waals surface area (Å²) in [6.45, 7) is 6.37. The number of hydrogen-bond donors (Lipinski definition) is 2. The molecule has 0 unspecified atom stereocenters. The maximum atomic E-state index is 5.42. The van der Waals surface area contributed by atoms with E-state index < -0.39 is 0 Å². The highest BCUT2D eigenvalue weighted by molar-refractivity contribution is 14.0. The summed E-state index contributed by atoms with van der Waals surface area (Å²) in [5.74, 6) is 0.847. The minimum atomic E-state index is 0. The molecular formula is C20H29IN4OS. The molecule has 1 saturated heterocycles. The molecule has 0 spiro atoms. The second kappa shape index (κ2) is 12.3. The van der Waals surface area contributed by atoms with E-state index in [1.165, 1.54) is 16.0 Å². The van der Waals surface area contributed by atoms with Gasteiger partial charge < -0.3 is 15.4 Å². The highest BCUT2D eigenvalue weighted by Gasteiger charge is 2.10. The van der Waals surface area contributed by atoms with Crippen LogP contribution in [-0.4, -0.2) is 50.8 Å². The van der Waals surface area contributed by atoms with Crippen LogP contribution in [-0.2, 0) is 24.2 Å². The highest BCUT2D eigenvalue weighted by Crippen LogP contribution is 2.10. The van der Waals surface area contributed by atoms with E-state index >= 15 is 0 Å². The second-order valence-electron chi connectivity index (χ2n) is 6.39. The first kappa shape index (κ1) is 22.1. The van der Waals surface area contributed by atoms with Gasteiger partial charge in [-0.25, -0.2) is 0 Å². The van der Waals surface area contributed by atoms with E-state index in [0.717, 1.165) is 58.3 Å². The Morgan fingerprint density at radius 1 is 1.15 bits per heavy atom. The number of benzene rings is 1. The summed E-state index contributed by atoms with van der Waals surface area (Å²) in [6, 6.07) is 13.0. The van der Waals surface area contributed by atoms with Crippen molar-refractivity contribution in [2.24, 2.45) is 4.99 Å². The third-order valence-corrected chi connectivity index (χ3v) is 5.36. The summed E-state index contributed by atoms with van der Waals surface area (Å²) >= 11 is 1.80. The highest BCUT2D eigenvalue weighted by atomic mass is 127. The number of nitrogens with one attached hydrogen (secondary N) is 2. The van der Waals surface area contributed by atoms with Gasteiger partial charge in [0.15, 0.2) is 5.96 Å². The Bertz CT molecular complexity index is 687. The van der Waals surface area contributed by atoms with Gasteiger partial charge in [0.25, 0.3) is 0 Å². The van der Waals surface area contributed by atoms with Crippen molar-refractivity contribution in [3.05, 3.63) is 57.8 Å². The first-order valence-electron chi connectivity index (χ1n) is 9.18. The molecule has 2 N–H and O–H groups in total. The Morgan fingerprint density at radius 2 is 1.96 bits per heavy atom. The van der Waals surface area contributed by atoms with Crippen LogP contribution in [0.15, 0.2) is 46.8 Å². The lowest BCUT2D eigenvalue weighted by molar-refractivity contribution is 0.0342. The van der Waals surface area contributed by atoms with Crippen LogP contribution in [0.5, 0.6) is 0 Å². The molecule has 0 saturated carbocycles. The van der Waals surface area contributed by atoms with Crippen molar-refractivity contribution >= 4 is 41.3 Å². The molecule has 3 rings (SSSR count). The normalized spacial score (nSPS) is 15.2. The van der Waals surface area contributed by atoms with E-state index in [9.17, 15) is 0 Å². The number of guanidine groups is 1. The molecule has 1 fully saturated rings. The van der Waals surface area contributed by atoms with Crippen LogP contribution in [0.2, 0.25) is 0 Å². The fraction of sp³-hybridized carbons (Fsp3) is 0.450. The van der Waals surface area contributed by atoms with Gasteiger partial charge in [0.1, 0.15) is 0 Å². The minimum absolute atomic E-state index is 0. The quantitative estimate of drug-likeness (QED) is 0.349. The van der Waals surface area contributed by atoms with Crippen LogP contribution in [0, 0.1) is 0 Å². The summed E-state index contributed by atoms with van der Waals surface area (Å²) < 4.78 is 5.42.